The van der Waals surface area contributed by atoms with Crippen molar-refractivity contribution in [2.24, 2.45) is 5.73 Å². The predicted molar refractivity (Wildman–Crippen MR) is 68.5 cm³/mol. The summed E-state index contributed by atoms with van der Waals surface area (Å²) in [5.74, 6) is -0.526. The number of Topliss-reactive ketones (excluding diaryl/α,β-unsaturated/α-hetero) is 1. The zero-order valence-electron chi connectivity index (χ0n) is 11.2. The van der Waals surface area contributed by atoms with Gasteiger partial charge in [-0.25, -0.2) is 4.98 Å². The van der Waals surface area contributed by atoms with Gasteiger partial charge in [-0.1, -0.05) is 6.07 Å². The first kappa shape index (κ1) is 15.2. The fourth-order valence-electron chi connectivity index (χ4n) is 1.85. The van der Waals surface area contributed by atoms with Crippen LogP contribution in [0.5, 0.6) is 0 Å². The Balaban J connectivity index is 2.36. The molecular weight excluding hydrogens is 285 g/mol. The molecule has 0 saturated heterocycles. The summed E-state index contributed by atoms with van der Waals surface area (Å²) in [7, 11) is 0. The van der Waals surface area contributed by atoms with Crippen LogP contribution in [0.15, 0.2) is 24.5 Å². The van der Waals surface area contributed by atoms with Gasteiger partial charge in [-0.3, -0.25) is 9.48 Å². The molecule has 8 heteroatoms. The van der Waals surface area contributed by atoms with Gasteiger partial charge in [0.25, 0.3) is 0 Å². The largest absolute Gasteiger partial charge is 0.433 e. The van der Waals surface area contributed by atoms with Crippen molar-refractivity contribution in [3.63, 3.8) is 0 Å². The topological polar surface area (TPSA) is 73.8 Å². The minimum Gasteiger partial charge on any atom is -0.326 e. The van der Waals surface area contributed by atoms with Crippen molar-refractivity contribution in [3.8, 4) is 0 Å². The summed E-state index contributed by atoms with van der Waals surface area (Å²) in [6.07, 6.45) is -1.35. The van der Waals surface area contributed by atoms with Crippen molar-refractivity contribution in [1.82, 2.24) is 14.8 Å². The van der Waals surface area contributed by atoms with Crippen LogP contribution in [0.2, 0.25) is 0 Å². The SMILES string of the molecule is CC(=O)c1nc(C(F)(F)F)ccc1Cn1cc(CN)cn1. The molecule has 0 radical (unpaired) electrons. The molecule has 0 saturated carbocycles. The molecule has 0 aliphatic heterocycles. The Morgan fingerprint density at radius 1 is 1.38 bits per heavy atom. The molecule has 2 rings (SSSR count). The Morgan fingerprint density at radius 3 is 2.62 bits per heavy atom. The molecule has 0 spiro atoms. The van der Waals surface area contributed by atoms with Gasteiger partial charge >= 0.3 is 6.18 Å². The third-order valence-electron chi connectivity index (χ3n) is 2.86. The lowest BCUT2D eigenvalue weighted by Gasteiger charge is -2.11. The highest BCUT2D eigenvalue weighted by molar-refractivity contribution is 5.93. The molecule has 0 atom stereocenters. The predicted octanol–water partition coefficient (Wildman–Crippen LogP) is 2.01. The molecule has 21 heavy (non-hydrogen) atoms. The number of nitrogens with two attached hydrogens (primary N) is 1. The van der Waals surface area contributed by atoms with Gasteiger partial charge in [-0.05, 0) is 6.07 Å². The van der Waals surface area contributed by atoms with Crippen molar-refractivity contribution in [2.75, 3.05) is 0 Å². The Labute approximate surface area is 118 Å². The molecule has 2 N–H and O–H groups in total. The van der Waals surface area contributed by atoms with Crippen molar-refractivity contribution in [1.29, 1.82) is 0 Å². The average molecular weight is 298 g/mol. The fourth-order valence-corrected chi connectivity index (χ4v) is 1.85. The third kappa shape index (κ3) is 3.46. The second-order valence-corrected chi connectivity index (χ2v) is 4.51. The van der Waals surface area contributed by atoms with Gasteiger partial charge in [0, 0.05) is 30.8 Å². The number of pyridine rings is 1. The second-order valence-electron chi connectivity index (χ2n) is 4.51. The van der Waals surface area contributed by atoms with Gasteiger partial charge in [-0.15, -0.1) is 0 Å². The number of hydrogen-bond donors (Lipinski definition) is 1. The molecule has 2 aromatic rings. The first-order valence-electron chi connectivity index (χ1n) is 6.10. The summed E-state index contributed by atoms with van der Waals surface area (Å²) < 4.78 is 39.4. The van der Waals surface area contributed by atoms with Crippen molar-refractivity contribution in [2.45, 2.75) is 26.2 Å². The summed E-state index contributed by atoms with van der Waals surface area (Å²) in [5, 5.41) is 4.03. The van der Waals surface area contributed by atoms with Gasteiger partial charge in [0.1, 0.15) is 11.4 Å². The van der Waals surface area contributed by atoms with Crippen LogP contribution in [0.3, 0.4) is 0 Å². The first-order valence-corrected chi connectivity index (χ1v) is 6.10. The number of aromatic nitrogens is 3. The monoisotopic (exact) mass is 298 g/mol. The zero-order valence-corrected chi connectivity index (χ0v) is 11.2. The molecule has 112 valence electrons. The lowest BCUT2D eigenvalue weighted by Crippen LogP contribution is -2.14. The van der Waals surface area contributed by atoms with Crippen molar-refractivity contribution in [3.05, 3.63) is 47.0 Å². The minimum absolute atomic E-state index is 0.153. The van der Waals surface area contributed by atoms with Crippen LogP contribution in [0.25, 0.3) is 0 Å². The fraction of sp³-hybridized carbons (Fsp3) is 0.308. The van der Waals surface area contributed by atoms with Crippen LogP contribution >= 0.6 is 0 Å². The van der Waals surface area contributed by atoms with E-state index in [1.165, 1.54) is 17.7 Å². The van der Waals surface area contributed by atoms with Crippen LogP contribution in [0, 0.1) is 0 Å². The van der Waals surface area contributed by atoms with Crippen LogP contribution < -0.4 is 5.73 Å². The number of carbonyl (C=O) groups is 1. The van der Waals surface area contributed by atoms with E-state index in [9.17, 15) is 18.0 Å². The van der Waals surface area contributed by atoms with Gasteiger partial charge in [0.15, 0.2) is 5.78 Å². The van der Waals surface area contributed by atoms with Crippen molar-refractivity contribution >= 4 is 5.78 Å². The second kappa shape index (κ2) is 5.65. The lowest BCUT2D eigenvalue weighted by atomic mass is 10.1. The van der Waals surface area contributed by atoms with E-state index < -0.39 is 17.7 Å². The summed E-state index contributed by atoms with van der Waals surface area (Å²) in [6, 6.07) is 2.10. The van der Waals surface area contributed by atoms with E-state index >= 15 is 0 Å². The third-order valence-corrected chi connectivity index (χ3v) is 2.86. The van der Waals surface area contributed by atoms with Crippen LogP contribution in [0.4, 0.5) is 13.2 Å². The van der Waals surface area contributed by atoms with E-state index in [0.29, 0.717) is 12.1 Å². The molecule has 0 aliphatic rings. The molecule has 5 nitrogen and oxygen atoms in total. The van der Waals surface area contributed by atoms with Crippen LogP contribution in [-0.4, -0.2) is 20.5 Å². The summed E-state index contributed by atoms with van der Waals surface area (Å²) in [5.41, 5.74) is 5.34. The normalized spacial score (nSPS) is 11.7. The molecule has 2 aromatic heterocycles. The maximum atomic E-state index is 12.6. The number of halogens is 3. The summed E-state index contributed by atoms with van der Waals surface area (Å²) in [4.78, 5) is 14.9. The number of rotatable bonds is 4. The number of nitrogens with zero attached hydrogens (tertiary/aromatic N) is 3. The lowest BCUT2D eigenvalue weighted by molar-refractivity contribution is -0.141. The van der Waals surface area contributed by atoms with Gasteiger partial charge < -0.3 is 5.73 Å². The molecule has 0 aromatic carbocycles. The number of carbonyl (C=O) groups excluding carboxylic acids is 1. The number of alkyl halides is 3. The maximum Gasteiger partial charge on any atom is 0.433 e. The first-order chi connectivity index (χ1) is 9.81. The highest BCUT2D eigenvalue weighted by Gasteiger charge is 2.33. The molecule has 0 unspecified atom stereocenters. The van der Waals surface area contributed by atoms with E-state index in [0.717, 1.165) is 11.6 Å². The van der Waals surface area contributed by atoms with E-state index in [-0.39, 0.29) is 12.2 Å². The number of ketones is 1. The van der Waals surface area contributed by atoms with E-state index in [1.807, 2.05) is 0 Å². The standard InChI is InChI=1S/C13H13F3N4O/c1-8(21)12-10(2-3-11(19-12)13(14,15)16)7-20-6-9(4-17)5-18-20/h2-3,5-6H,4,7,17H2,1H3. The smallest absolute Gasteiger partial charge is 0.326 e. The summed E-state index contributed by atoms with van der Waals surface area (Å²) in [6.45, 7) is 1.64. The molecule has 2 heterocycles. The van der Waals surface area contributed by atoms with Gasteiger partial charge in [-0.2, -0.15) is 18.3 Å². The molecule has 0 amide bonds. The van der Waals surface area contributed by atoms with E-state index in [1.54, 1.807) is 12.4 Å². The molecule has 0 bridgehead atoms. The van der Waals surface area contributed by atoms with Gasteiger partial charge in [0.2, 0.25) is 0 Å². The average Bonchev–Trinajstić information content (AvgIpc) is 2.85. The maximum absolute atomic E-state index is 12.6. The zero-order chi connectivity index (χ0) is 15.6. The molecular formula is C13H13F3N4O. The Bertz CT molecular complexity index is 664. The van der Waals surface area contributed by atoms with E-state index in [2.05, 4.69) is 10.1 Å². The summed E-state index contributed by atoms with van der Waals surface area (Å²) >= 11 is 0. The van der Waals surface area contributed by atoms with Crippen LogP contribution in [0.1, 0.15) is 34.2 Å². The van der Waals surface area contributed by atoms with Crippen molar-refractivity contribution < 1.29 is 18.0 Å². The minimum atomic E-state index is -4.58. The molecule has 0 fully saturated rings. The van der Waals surface area contributed by atoms with Crippen LogP contribution in [-0.2, 0) is 19.3 Å². The molecule has 0 aliphatic carbocycles. The quantitative estimate of drug-likeness (QED) is 0.876. The Hall–Kier alpha value is -2.22. The number of hydrogen-bond acceptors (Lipinski definition) is 4. The highest BCUT2D eigenvalue weighted by atomic mass is 19.4. The Kier molecular flexibility index (Phi) is 4.08. The highest BCUT2D eigenvalue weighted by Crippen LogP contribution is 2.28. The van der Waals surface area contributed by atoms with E-state index in [4.69, 9.17) is 5.73 Å². The Morgan fingerprint density at radius 2 is 2.10 bits per heavy atom. The van der Waals surface area contributed by atoms with Gasteiger partial charge in [0.05, 0.1) is 12.7 Å².